The van der Waals surface area contributed by atoms with Crippen molar-refractivity contribution in [2.24, 2.45) is 0 Å². The summed E-state index contributed by atoms with van der Waals surface area (Å²) >= 11 is 0. The molecular weight excluding hydrogens is 373 g/mol. The van der Waals surface area contributed by atoms with E-state index in [-0.39, 0.29) is 24.1 Å². The fourth-order valence-corrected chi connectivity index (χ4v) is 3.49. The number of carbonyl (C=O) groups excluding carboxylic acids is 2. The molecule has 0 aliphatic carbocycles. The predicted molar refractivity (Wildman–Crippen MR) is 107 cm³/mol. The smallest absolute Gasteiger partial charge is 0.262 e. The lowest BCUT2D eigenvalue weighted by atomic mass is 9.98. The maximum absolute atomic E-state index is 13.5. The lowest BCUT2D eigenvalue weighted by molar-refractivity contribution is -0.119. The van der Waals surface area contributed by atoms with Gasteiger partial charge < -0.3 is 10.1 Å². The van der Waals surface area contributed by atoms with Gasteiger partial charge in [-0.1, -0.05) is 6.07 Å². The van der Waals surface area contributed by atoms with Gasteiger partial charge in [0.1, 0.15) is 17.3 Å². The van der Waals surface area contributed by atoms with Crippen LogP contribution in [0.25, 0.3) is 22.4 Å². The fourth-order valence-electron chi connectivity index (χ4n) is 3.49. The third kappa shape index (κ3) is 3.76. The van der Waals surface area contributed by atoms with Gasteiger partial charge in [0.15, 0.2) is 6.61 Å². The summed E-state index contributed by atoms with van der Waals surface area (Å²) in [4.78, 5) is 23.2. The normalized spacial score (nSPS) is 12.9. The van der Waals surface area contributed by atoms with Gasteiger partial charge >= 0.3 is 0 Å². The van der Waals surface area contributed by atoms with Crippen molar-refractivity contribution in [3.8, 4) is 28.1 Å². The van der Waals surface area contributed by atoms with Crippen LogP contribution in [0.1, 0.15) is 19.0 Å². The molecule has 0 saturated heterocycles. The molecule has 29 heavy (non-hydrogen) atoms. The van der Waals surface area contributed by atoms with Crippen molar-refractivity contribution in [1.29, 1.82) is 0 Å². The number of ether oxygens (including phenoxy) is 1. The third-order valence-electron chi connectivity index (χ3n) is 4.82. The number of carbonyl (C=O) groups is 2. The Hall–Kier alpha value is -3.48. The number of Topliss-reactive ketones (excluding diaryl/α,β-unsaturated/α-hetero) is 1. The summed E-state index contributed by atoms with van der Waals surface area (Å²) in [5.74, 6) is 0.148. The van der Waals surface area contributed by atoms with E-state index >= 15 is 0 Å². The average Bonchev–Trinajstić information content (AvgIpc) is 3.02. The molecule has 7 heteroatoms. The maximum Gasteiger partial charge on any atom is 0.262 e. The van der Waals surface area contributed by atoms with Crippen LogP contribution in [0, 0.1) is 12.7 Å². The predicted octanol–water partition coefficient (Wildman–Crippen LogP) is 3.97. The molecule has 3 aromatic rings. The van der Waals surface area contributed by atoms with E-state index in [1.54, 1.807) is 23.7 Å². The van der Waals surface area contributed by atoms with Crippen molar-refractivity contribution in [3.05, 3.63) is 54.0 Å². The number of aryl methyl sites for hydroxylation is 2. The summed E-state index contributed by atoms with van der Waals surface area (Å²) in [5, 5.41) is 7.45. The molecule has 6 nitrogen and oxygen atoms in total. The second-order valence-corrected chi connectivity index (χ2v) is 7.04. The lowest BCUT2D eigenvalue weighted by Gasteiger charge is -2.19. The number of anilines is 1. The molecule has 0 unspecified atom stereocenters. The third-order valence-corrected chi connectivity index (χ3v) is 4.82. The second-order valence-electron chi connectivity index (χ2n) is 7.04. The number of hydrogen-bond donors (Lipinski definition) is 1. The van der Waals surface area contributed by atoms with E-state index in [2.05, 4.69) is 10.4 Å². The van der Waals surface area contributed by atoms with Crippen molar-refractivity contribution < 1.29 is 18.7 Å². The summed E-state index contributed by atoms with van der Waals surface area (Å²) in [6.07, 6.45) is 0.350. The summed E-state index contributed by atoms with van der Waals surface area (Å²) in [5.41, 5.74) is 4.68. The van der Waals surface area contributed by atoms with E-state index in [9.17, 15) is 14.0 Å². The summed E-state index contributed by atoms with van der Waals surface area (Å²) < 4.78 is 20.7. The molecule has 1 aliphatic rings. The van der Waals surface area contributed by atoms with Crippen molar-refractivity contribution in [1.82, 2.24) is 9.78 Å². The van der Waals surface area contributed by atoms with Crippen LogP contribution in [0.2, 0.25) is 0 Å². The average molecular weight is 393 g/mol. The maximum atomic E-state index is 13.5. The summed E-state index contributed by atoms with van der Waals surface area (Å²) in [7, 11) is 0. The number of benzene rings is 2. The molecule has 0 fully saturated rings. The Morgan fingerprint density at radius 1 is 1.21 bits per heavy atom. The Morgan fingerprint density at radius 2 is 1.93 bits per heavy atom. The van der Waals surface area contributed by atoms with Gasteiger partial charge in [-0.15, -0.1) is 0 Å². The molecule has 0 atom stereocenters. The van der Waals surface area contributed by atoms with Gasteiger partial charge in [-0.05, 0) is 55.8 Å². The molecule has 0 spiro atoms. The zero-order valence-corrected chi connectivity index (χ0v) is 16.2. The lowest BCUT2D eigenvalue weighted by Crippen LogP contribution is -2.25. The van der Waals surface area contributed by atoms with Crippen molar-refractivity contribution >= 4 is 17.4 Å². The molecule has 148 valence electrons. The highest BCUT2D eigenvalue weighted by atomic mass is 19.1. The van der Waals surface area contributed by atoms with Gasteiger partial charge in [0.25, 0.3) is 5.91 Å². The van der Waals surface area contributed by atoms with E-state index in [1.807, 2.05) is 25.1 Å². The van der Waals surface area contributed by atoms with E-state index in [0.717, 1.165) is 28.1 Å². The SMILES string of the molecule is CC(=O)CCn1nc(C)c(-c2ccc3c(c2)NC(=O)CO3)c1-c1ccc(F)cc1. The van der Waals surface area contributed by atoms with Gasteiger partial charge in [-0.2, -0.15) is 5.10 Å². The van der Waals surface area contributed by atoms with Crippen LogP contribution in [0.3, 0.4) is 0 Å². The molecule has 0 bridgehead atoms. The topological polar surface area (TPSA) is 73.2 Å². The van der Waals surface area contributed by atoms with Crippen LogP contribution < -0.4 is 10.1 Å². The quantitative estimate of drug-likeness (QED) is 0.712. The number of ketones is 1. The standard InChI is InChI=1S/C22H20FN3O3/c1-13(27)9-10-26-22(15-3-6-17(23)7-4-15)21(14(2)25-26)16-5-8-19-18(11-16)24-20(28)12-29-19/h3-8,11H,9-10,12H2,1-2H3,(H,24,28). The molecule has 1 N–H and O–H groups in total. The van der Waals surface area contributed by atoms with Crippen molar-refractivity contribution in [2.45, 2.75) is 26.8 Å². The molecule has 0 radical (unpaired) electrons. The second kappa shape index (κ2) is 7.50. The first-order chi connectivity index (χ1) is 13.9. The van der Waals surface area contributed by atoms with Crippen molar-refractivity contribution in [3.63, 3.8) is 0 Å². The van der Waals surface area contributed by atoms with Crippen molar-refractivity contribution in [2.75, 3.05) is 11.9 Å². The molecule has 2 aromatic carbocycles. The Labute approximate surface area is 167 Å². The fraction of sp³-hybridized carbons (Fsp3) is 0.227. The highest BCUT2D eigenvalue weighted by Gasteiger charge is 2.22. The number of rotatable bonds is 5. The minimum atomic E-state index is -0.324. The van der Waals surface area contributed by atoms with Gasteiger partial charge in [0.05, 0.1) is 17.1 Å². The first-order valence-corrected chi connectivity index (χ1v) is 9.32. The van der Waals surface area contributed by atoms with E-state index in [1.165, 1.54) is 12.1 Å². The molecule has 1 aromatic heterocycles. The number of nitrogens with zero attached hydrogens (tertiary/aromatic N) is 2. The molecular formula is C22H20FN3O3. The first-order valence-electron chi connectivity index (χ1n) is 9.32. The number of nitrogens with one attached hydrogen (secondary N) is 1. The van der Waals surface area contributed by atoms with Crippen LogP contribution in [0.4, 0.5) is 10.1 Å². The zero-order chi connectivity index (χ0) is 20.5. The monoisotopic (exact) mass is 393 g/mol. The number of fused-ring (bicyclic) bond motifs is 1. The number of hydrogen-bond acceptors (Lipinski definition) is 4. The summed E-state index contributed by atoms with van der Waals surface area (Å²) in [6, 6.07) is 11.8. The minimum Gasteiger partial charge on any atom is -0.482 e. The Balaban J connectivity index is 1.86. The zero-order valence-electron chi connectivity index (χ0n) is 16.2. The van der Waals surface area contributed by atoms with Crippen LogP contribution in [0.15, 0.2) is 42.5 Å². The van der Waals surface area contributed by atoms with Gasteiger partial charge in [0.2, 0.25) is 0 Å². The molecule has 1 aliphatic heterocycles. The van der Waals surface area contributed by atoms with E-state index in [0.29, 0.717) is 24.4 Å². The first kappa shape index (κ1) is 18.9. The number of aromatic nitrogens is 2. The number of halogens is 1. The Kier molecular flexibility index (Phi) is 4.88. The molecule has 1 amide bonds. The largest absolute Gasteiger partial charge is 0.482 e. The minimum absolute atomic E-state index is 0.00478. The highest BCUT2D eigenvalue weighted by molar-refractivity contribution is 5.97. The van der Waals surface area contributed by atoms with Gasteiger partial charge in [-0.3, -0.25) is 14.3 Å². The van der Waals surface area contributed by atoms with Crippen LogP contribution >= 0.6 is 0 Å². The molecule has 4 rings (SSSR count). The van der Waals surface area contributed by atoms with E-state index < -0.39 is 0 Å². The van der Waals surface area contributed by atoms with Gasteiger partial charge in [-0.25, -0.2) is 4.39 Å². The van der Waals surface area contributed by atoms with Crippen LogP contribution in [0.5, 0.6) is 5.75 Å². The summed E-state index contributed by atoms with van der Waals surface area (Å²) in [6.45, 7) is 3.85. The van der Waals surface area contributed by atoms with Gasteiger partial charge in [0, 0.05) is 24.1 Å². The Morgan fingerprint density at radius 3 is 2.66 bits per heavy atom. The van der Waals surface area contributed by atoms with E-state index in [4.69, 9.17) is 4.74 Å². The number of amides is 1. The molecule has 2 heterocycles. The Bertz CT molecular complexity index is 1100. The van der Waals surface area contributed by atoms with Crippen LogP contribution in [-0.4, -0.2) is 28.1 Å². The highest BCUT2D eigenvalue weighted by Crippen LogP contribution is 2.39. The van der Waals surface area contributed by atoms with Crippen LogP contribution in [-0.2, 0) is 16.1 Å². The molecule has 0 saturated carbocycles.